The number of carbonyl (C=O) groups is 2. The van der Waals surface area contributed by atoms with Gasteiger partial charge in [0.1, 0.15) is 5.82 Å². The molecule has 2 amide bonds. The Balaban J connectivity index is 1.51. The Morgan fingerprint density at radius 1 is 1.15 bits per heavy atom. The molecule has 2 atom stereocenters. The minimum absolute atomic E-state index is 0.115. The highest BCUT2D eigenvalue weighted by atomic mass is 16.2. The van der Waals surface area contributed by atoms with E-state index >= 15 is 0 Å². The molecule has 0 bridgehead atoms. The molecule has 0 unspecified atom stereocenters. The average molecular weight is 362 g/mol. The Bertz CT molecular complexity index is 975. The maximum atomic E-state index is 12.7. The smallest absolute Gasteiger partial charge is 0.252 e. The lowest BCUT2D eigenvalue weighted by atomic mass is 10.0. The summed E-state index contributed by atoms with van der Waals surface area (Å²) in [7, 11) is 0. The molecule has 2 heterocycles. The predicted octanol–water partition coefficient (Wildman–Crippen LogP) is 3.25. The van der Waals surface area contributed by atoms with Crippen LogP contribution in [-0.4, -0.2) is 21.8 Å². The van der Waals surface area contributed by atoms with Crippen molar-refractivity contribution in [2.75, 3.05) is 0 Å². The molecule has 0 fully saturated rings. The number of hydrogen-bond donors (Lipinski definition) is 3. The number of rotatable bonds is 5. The van der Waals surface area contributed by atoms with Gasteiger partial charge >= 0.3 is 0 Å². The number of nitrogens with zero attached hydrogens (tertiary/aromatic N) is 1. The van der Waals surface area contributed by atoms with Gasteiger partial charge in [0, 0.05) is 5.56 Å². The Hall–Kier alpha value is -3.15. The molecule has 0 spiro atoms. The first-order valence-corrected chi connectivity index (χ1v) is 9.16. The van der Waals surface area contributed by atoms with Crippen molar-refractivity contribution in [3.63, 3.8) is 0 Å². The van der Waals surface area contributed by atoms with Gasteiger partial charge in [-0.2, -0.15) is 0 Å². The second-order valence-corrected chi connectivity index (χ2v) is 7.25. The van der Waals surface area contributed by atoms with E-state index in [2.05, 4.69) is 20.6 Å². The second kappa shape index (κ2) is 6.87. The van der Waals surface area contributed by atoms with Crippen LogP contribution < -0.4 is 10.6 Å². The molecule has 0 radical (unpaired) electrons. The molecule has 1 aliphatic heterocycles. The third kappa shape index (κ3) is 3.30. The van der Waals surface area contributed by atoms with Gasteiger partial charge < -0.3 is 15.6 Å². The molecule has 0 saturated carbocycles. The summed E-state index contributed by atoms with van der Waals surface area (Å²) < 4.78 is 0. The molecule has 6 heteroatoms. The maximum Gasteiger partial charge on any atom is 0.252 e. The highest BCUT2D eigenvalue weighted by Crippen LogP contribution is 2.28. The predicted molar refractivity (Wildman–Crippen MR) is 103 cm³/mol. The average Bonchev–Trinajstić information content (AvgIpc) is 3.21. The minimum Gasteiger partial charge on any atom is -0.346 e. The van der Waals surface area contributed by atoms with Crippen LogP contribution in [0.3, 0.4) is 0 Å². The van der Waals surface area contributed by atoms with Crippen LogP contribution in [0.15, 0.2) is 48.5 Å². The number of H-pyrrole nitrogens is 1. The minimum atomic E-state index is -0.294. The summed E-state index contributed by atoms with van der Waals surface area (Å²) >= 11 is 0. The molecule has 2 aromatic carbocycles. The van der Waals surface area contributed by atoms with E-state index < -0.39 is 0 Å². The van der Waals surface area contributed by atoms with Crippen LogP contribution in [0.5, 0.6) is 0 Å². The van der Waals surface area contributed by atoms with Crippen LogP contribution in [0.25, 0.3) is 11.0 Å². The number of aromatic amines is 1. The fourth-order valence-electron chi connectivity index (χ4n) is 3.57. The summed E-state index contributed by atoms with van der Waals surface area (Å²) in [5.41, 5.74) is 3.35. The fraction of sp³-hybridized carbons (Fsp3) is 0.286. The van der Waals surface area contributed by atoms with Crippen molar-refractivity contribution in [2.45, 2.75) is 32.4 Å². The lowest BCUT2D eigenvalue weighted by molar-refractivity contribution is -0.122. The number of nitrogens with one attached hydrogen (secondary N) is 3. The summed E-state index contributed by atoms with van der Waals surface area (Å²) in [6.45, 7) is 4.09. The van der Waals surface area contributed by atoms with Gasteiger partial charge in [-0.1, -0.05) is 44.2 Å². The van der Waals surface area contributed by atoms with E-state index in [0.29, 0.717) is 5.56 Å². The summed E-state index contributed by atoms with van der Waals surface area (Å²) in [5, 5.41) is 5.97. The van der Waals surface area contributed by atoms with Crippen molar-refractivity contribution >= 4 is 22.8 Å². The molecule has 0 aliphatic carbocycles. The lowest BCUT2D eigenvalue weighted by Crippen LogP contribution is -2.34. The van der Waals surface area contributed by atoms with E-state index in [0.717, 1.165) is 22.4 Å². The molecule has 138 valence electrons. The summed E-state index contributed by atoms with van der Waals surface area (Å²) in [6, 6.07) is 14.7. The molecule has 1 aliphatic rings. The van der Waals surface area contributed by atoms with Crippen LogP contribution in [-0.2, 0) is 4.79 Å². The van der Waals surface area contributed by atoms with Crippen molar-refractivity contribution in [3.8, 4) is 0 Å². The van der Waals surface area contributed by atoms with Crippen molar-refractivity contribution in [1.29, 1.82) is 0 Å². The van der Waals surface area contributed by atoms with Gasteiger partial charge in [-0.3, -0.25) is 9.59 Å². The molecule has 0 saturated heterocycles. The molecule has 4 rings (SSSR count). The monoisotopic (exact) mass is 362 g/mol. The number of fused-ring (bicyclic) bond motifs is 2. The fourth-order valence-corrected chi connectivity index (χ4v) is 3.57. The standard InChI is InChI=1S/C21H22N4O2/c1-12(2)19(20-22-15-9-5-6-10-16(15)23-20)25-18(26)11-17-13-7-3-4-8-14(13)21(27)24-17/h3-10,12,17,19H,11H2,1-2H3,(H,22,23)(H,24,27)(H,25,26)/t17-,19-/m1/s1. The number of carbonyl (C=O) groups excluding carboxylic acids is 2. The quantitative estimate of drug-likeness (QED) is 0.651. The number of benzene rings is 2. The van der Waals surface area contributed by atoms with E-state index in [1.807, 2.05) is 56.3 Å². The van der Waals surface area contributed by atoms with Crippen LogP contribution in [0, 0.1) is 5.92 Å². The van der Waals surface area contributed by atoms with E-state index in [9.17, 15) is 9.59 Å². The van der Waals surface area contributed by atoms with Crippen molar-refractivity contribution in [1.82, 2.24) is 20.6 Å². The first-order chi connectivity index (χ1) is 13.0. The molecule has 27 heavy (non-hydrogen) atoms. The Labute approximate surface area is 157 Å². The zero-order chi connectivity index (χ0) is 19.0. The number of hydrogen-bond acceptors (Lipinski definition) is 3. The second-order valence-electron chi connectivity index (χ2n) is 7.25. The summed E-state index contributed by atoms with van der Waals surface area (Å²) in [5.74, 6) is 0.674. The zero-order valence-corrected chi connectivity index (χ0v) is 15.3. The summed E-state index contributed by atoms with van der Waals surface area (Å²) in [4.78, 5) is 32.7. The van der Waals surface area contributed by atoms with Crippen LogP contribution in [0.2, 0.25) is 0 Å². The molecular weight excluding hydrogens is 340 g/mol. The van der Waals surface area contributed by atoms with Crippen LogP contribution in [0.4, 0.5) is 0 Å². The van der Waals surface area contributed by atoms with Crippen LogP contribution in [0.1, 0.15) is 54.1 Å². The van der Waals surface area contributed by atoms with Crippen molar-refractivity contribution in [3.05, 3.63) is 65.5 Å². The number of amides is 2. The van der Waals surface area contributed by atoms with E-state index in [-0.39, 0.29) is 36.2 Å². The third-order valence-corrected chi connectivity index (χ3v) is 4.96. The summed E-state index contributed by atoms with van der Waals surface area (Å²) in [6.07, 6.45) is 0.201. The normalized spacial score (nSPS) is 17.0. The molecule has 1 aromatic heterocycles. The highest BCUT2D eigenvalue weighted by molar-refractivity contribution is 5.99. The molecular formula is C21H22N4O2. The van der Waals surface area contributed by atoms with Crippen molar-refractivity contribution in [2.24, 2.45) is 5.92 Å². The van der Waals surface area contributed by atoms with E-state index in [1.54, 1.807) is 6.07 Å². The topological polar surface area (TPSA) is 86.9 Å². The van der Waals surface area contributed by atoms with Gasteiger partial charge in [-0.05, 0) is 29.7 Å². The van der Waals surface area contributed by atoms with Gasteiger partial charge in [0.25, 0.3) is 5.91 Å². The van der Waals surface area contributed by atoms with E-state index in [4.69, 9.17) is 0 Å². The first kappa shape index (κ1) is 17.3. The first-order valence-electron chi connectivity index (χ1n) is 9.16. The van der Waals surface area contributed by atoms with Gasteiger partial charge in [-0.25, -0.2) is 4.98 Å². The number of aromatic nitrogens is 2. The van der Waals surface area contributed by atoms with Gasteiger partial charge in [0.15, 0.2) is 0 Å². The Kier molecular flexibility index (Phi) is 4.39. The third-order valence-electron chi connectivity index (χ3n) is 4.96. The zero-order valence-electron chi connectivity index (χ0n) is 15.3. The molecule has 3 aromatic rings. The Morgan fingerprint density at radius 2 is 1.89 bits per heavy atom. The Morgan fingerprint density at radius 3 is 2.67 bits per heavy atom. The van der Waals surface area contributed by atoms with Gasteiger partial charge in [0.2, 0.25) is 5.91 Å². The van der Waals surface area contributed by atoms with Gasteiger partial charge in [0.05, 0.1) is 29.5 Å². The highest BCUT2D eigenvalue weighted by Gasteiger charge is 2.31. The van der Waals surface area contributed by atoms with Crippen molar-refractivity contribution < 1.29 is 9.59 Å². The SMILES string of the molecule is CC(C)[C@@H](NC(=O)C[C@H]1NC(=O)c2ccccc21)c1nc2ccccc2[nH]1. The number of para-hydroxylation sites is 2. The largest absolute Gasteiger partial charge is 0.346 e. The molecule has 3 N–H and O–H groups in total. The number of imidazole rings is 1. The lowest BCUT2D eigenvalue weighted by Gasteiger charge is -2.21. The van der Waals surface area contributed by atoms with Crippen LogP contribution >= 0.6 is 0 Å². The van der Waals surface area contributed by atoms with E-state index in [1.165, 1.54) is 0 Å². The molecule has 6 nitrogen and oxygen atoms in total. The van der Waals surface area contributed by atoms with Gasteiger partial charge in [-0.15, -0.1) is 0 Å². The maximum absolute atomic E-state index is 12.7.